The number of hydrogen-bond donors (Lipinski definition) is 0. The topological polar surface area (TPSA) is 140 Å². The molecule has 27 aromatic rings. The molecule has 0 bridgehead atoms. The summed E-state index contributed by atoms with van der Waals surface area (Å²) in [5.41, 5.74) is 29.2. The van der Waals surface area contributed by atoms with Crippen LogP contribution in [0.5, 0.6) is 0 Å². The lowest BCUT2D eigenvalue weighted by atomic mass is 10.0. The van der Waals surface area contributed by atoms with Crippen molar-refractivity contribution >= 4 is 163 Å². The Balaban J connectivity index is 0.000000132. The Morgan fingerprint density at radius 1 is 0.195 bits per heavy atom. The Morgan fingerprint density at radius 2 is 0.539 bits per heavy atom. The molecule has 18 aromatic carbocycles. The maximum Gasteiger partial charge on any atom is 0.165 e. The van der Waals surface area contributed by atoms with E-state index in [0.29, 0.717) is 34.9 Å². The lowest BCUT2D eigenvalue weighted by Crippen LogP contribution is -2.00. The van der Waals surface area contributed by atoms with Crippen molar-refractivity contribution in [3.63, 3.8) is 0 Å². The molecule has 0 amide bonds. The maximum absolute atomic E-state index is 6.43. The molecule has 0 saturated carbocycles. The first-order valence-corrected chi connectivity index (χ1v) is 43.8. The van der Waals surface area contributed by atoms with Gasteiger partial charge in [0.2, 0.25) is 0 Å². The molecule has 12 nitrogen and oxygen atoms in total. The normalized spacial score (nSPS) is 12.2. The van der Waals surface area contributed by atoms with Crippen LogP contribution in [0, 0.1) is 0 Å². The van der Waals surface area contributed by atoms with Gasteiger partial charge in [0.1, 0.15) is 44.7 Å². The fourth-order valence-electron chi connectivity index (χ4n) is 19.6. The van der Waals surface area contributed by atoms with Crippen LogP contribution in [-0.4, -0.2) is 39.0 Å². The Labute approximate surface area is 733 Å². The summed E-state index contributed by atoms with van der Waals surface area (Å²) >= 11 is 1.80. The van der Waals surface area contributed by atoms with Gasteiger partial charge in [-0.1, -0.05) is 261 Å². The van der Waals surface area contributed by atoms with Crippen molar-refractivity contribution in [3.8, 4) is 113 Å². The highest BCUT2D eigenvalue weighted by atomic mass is 32.1. The first-order chi connectivity index (χ1) is 63.4. The standard InChI is InChI=1S/C58H34N4O2.C57H32N4O2S/c1-3-11-34(12-4-1)56-59-57(35-13-5-2-6-14-35)61-58(60-56)40-20-19-38-27-39-21-24-41(31-45(39)44(38)30-40)62-50-17-9-7-15-42(50)46-28-36(22-25-51(46)62)37-23-26-53-47(29-37)49-33-54-48(32-55(49)64-53)43-16-8-10-18-52(43)63-54;1-3-13-33(14-4-1)55-58-56(34-15-5-2-6-16-34)60-57(59-55)41-21-11-19-39-40-20-12-23-48(54(40)64-53(39)41)61-46-22-9-7-17-37(46)42-29-35(25-27-47(42)61)36-26-28-50-43(30-36)45-32-51-44(31-52(45)63-50)38-18-8-10-24-49(38)62-51/h1-26,28-33H,27H2;1-32H. The summed E-state index contributed by atoms with van der Waals surface area (Å²) in [4.78, 5) is 30.2. The quantitative estimate of drug-likeness (QED) is 0.130. The van der Waals surface area contributed by atoms with Crippen LogP contribution in [0.25, 0.3) is 265 Å². The summed E-state index contributed by atoms with van der Waals surface area (Å²) in [5, 5.41) is 15.7. The van der Waals surface area contributed by atoms with Crippen molar-refractivity contribution in [3.05, 3.63) is 399 Å². The molecule has 128 heavy (non-hydrogen) atoms. The van der Waals surface area contributed by atoms with Crippen molar-refractivity contribution in [2.75, 3.05) is 0 Å². The minimum atomic E-state index is 0.648. The number of rotatable bonds is 10. The number of para-hydroxylation sites is 4. The van der Waals surface area contributed by atoms with Gasteiger partial charge in [-0.05, 0) is 178 Å². The molecule has 0 spiro atoms. The average Bonchev–Trinajstić information content (AvgIpc) is 1.57. The maximum atomic E-state index is 6.43. The zero-order valence-electron chi connectivity index (χ0n) is 68.3. The first kappa shape index (κ1) is 71.6. The minimum Gasteiger partial charge on any atom is -0.456 e. The second kappa shape index (κ2) is 28.3. The van der Waals surface area contributed by atoms with Crippen LogP contribution < -0.4 is 0 Å². The van der Waals surface area contributed by atoms with Crippen LogP contribution in [0.4, 0.5) is 0 Å². The van der Waals surface area contributed by atoms with E-state index < -0.39 is 0 Å². The molecule has 0 fully saturated rings. The minimum absolute atomic E-state index is 0.648. The Hall–Kier alpha value is -17.0. The average molecular weight is 1660 g/mol. The lowest BCUT2D eigenvalue weighted by molar-refractivity contribution is 0.664. The van der Waals surface area contributed by atoms with Crippen molar-refractivity contribution in [1.82, 2.24) is 39.0 Å². The van der Waals surface area contributed by atoms with E-state index in [1.54, 1.807) is 11.3 Å². The van der Waals surface area contributed by atoms with Crippen LogP contribution in [-0.2, 0) is 6.42 Å². The van der Waals surface area contributed by atoms with Gasteiger partial charge < -0.3 is 26.8 Å². The number of aromatic nitrogens is 8. The largest absolute Gasteiger partial charge is 0.456 e. The number of thiophene rings is 1. The summed E-state index contributed by atoms with van der Waals surface area (Å²) in [6.45, 7) is 0. The number of furan rings is 4. The highest BCUT2D eigenvalue weighted by Crippen LogP contribution is 2.49. The zero-order valence-corrected chi connectivity index (χ0v) is 69.1. The van der Waals surface area contributed by atoms with E-state index in [9.17, 15) is 0 Å². The van der Waals surface area contributed by atoms with Gasteiger partial charge in [0.15, 0.2) is 34.9 Å². The van der Waals surface area contributed by atoms with Crippen LogP contribution >= 0.6 is 11.3 Å². The Morgan fingerprint density at radius 3 is 1.04 bits per heavy atom. The summed E-state index contributed by atoms with van der Waals surface area (Å²) in [5.74, 6) is 3.91. The summed E-state index contributed by atoms with van der Waals surface area (Å²) in [7, 11) is 0. The summed E-state index contributed by atoms with van der Waals surface area (Å²) in [6.07, 6.45) is 0.878. The molecule has 1 aliphatic carbocycles. The third-order valence-electron chi connectivity index (χ3n) is 25.7. The van der Waals surface area contributed by atoms with Gasteiger partial charge in [-0.25, -0.2) is 29.9 Å². The molecule has 596 valence electrons. The molecular formula is C115H66N8O4S. The van der Waals surface area contributed by atoms with Crippen LogP contribution in [0.1, 0.15) is 11.1 Å². The van der Waals surface area contributed by atoms with E-state index in [-0.39, 0.29) is 0 Å². The molecule has 0 radical (unpaired) electrons. The van der Waals surface area contributed by atoms with Gasteiger partial charge in [0.25, 0.3) is 0 Å². The number of nitrogens with zero attached hydrogens (tertiary/aromatic N) is 8. The molecule has 0 atom stereocenters. The number of fused-ring (bicyclic) bond motifs is 24. The highest BCUT2D eigenvalue weighted by molar-refractivity contribution is 7.26. The van der Waals surface area contributed by atoms with Gasteiger partial charge >= 0.3 is 0 Å². The predicted molar refractivity (Wildman–Crippen MR) is 522 cm³/mol. The third-order valence-corrected chi connectivity index (χ3v) is 27.0. The fraction of sp³-hybridized carbons (Fsp3) is 0.00870. The summed E-state index contributed by atoms with van der Waals surface area (Å²) in [6, 6.07) is 136. The second-order valence-corrected chi connectivity index (χ2v) is 34.1. The molecule has 9 heterocycles. The molecule has 0 saturated heterocycles. The molecule has 1 aliphatic rings. The molecule has 0 aliphatic heterocycles. The van der Waals surface area contributed by atoms with Crippen molar-refractivity contribution in [2.24, 2.45) is 0 Å². The van der Waals surface area contributed by atoms with Crippen LogP contribution in [0.2, 0.25) is 0 Å². The van der Waals surface area contributed by atoms with E-state index in [1.165, 1.54) is 64.8 Å². The third kappa shape index (κ3) is 11.5. The van der Waals surface area contributed by atoms with Gasteiger partial charge in [-0.3, -0.25) is 0 Å². The second-order valence-electron chi connectivity index (χ2n) is 33.1. The zero-order chi connectivity index (χ0) is 83.8. The highest BCUT2D eigenvalue weighted by Gasteiger charge is 2.27. The predicted octanol–water partition coefficient (Wildman–Crippen LogP) is 30.8. The van der Waals surface area contributed by atoms with E-state index in [0.717, 1.165) is 182 Å². The van der Waals surface area contributed by atoms with E-state index in [4.69, 9.17) is 47.6 Å². The first-order valence-electron chi connectivity index (χ1n) is 43.0. The lowest BCUT2D eigenvalue weighted by Gasteiger charge is -2.12. The van der Waals surface area contributed by atoms with Crippen molar-refractivity contribution in [1.29, 1.82) is 0 Å². The van der Waals surface area contributed by atoms with Gasteiger partial charge in [0.05, 0.1) is 32.5 Å². The molecule has 0 unspecified atom stereocenters. The summed E-state index contributed by atoms with van der Waals surface area (Å²) < 4.78 is 32.6. The van der Waals surface area contributed by atoms with Gasteiger partial charge in [-0.15, -0.1) is 11.3 Å². The Kier molecular flexibility index (Phi) is 15.8. The molecular weight excluding hydrogens is 1590 g/mol. The van der Waals surface area contributed by atoms with E-state index in [2.05, 4.69) is 240 Å². The van der Waals surface area contributed by atoms with E-state index in [1.807, 2.05) is 158 Å². The van der Waals surface area contributed by atoms with Crippen LogP contribution in [0.15, 0.2) is 406 Å². The SMILES string of the molecule is c1ccc(-c2nc(-c3ccccc3)nc(-c3ccc4c(c3)-c3cc(-n5c6ccccc6c6cc(-c7ccc8oc9cc%10c(cc9c8c7)oc7ccccc7%10)ccc65)ccc3C4)n2)cc1.c1ccc(-c2nc(-c3ccccc3)nc(-c3cccc4c3sc3c(-n5c6ccccc6c6cc(-c7ccc8oc9cc%10c(cc9c8c7)oc7ccccc7%10)ccc65)cccc34)n2)cc1. The van der Waals surface area contributed by atoms with E-state index >= 15 is 0 Å². The van der Waals surface area contributed by atoms with Crippen molar-refractivity contribution < 1.29 is 17.7 Å². The smallest absolute Gasteiger partial charge is 0.165 e. The molecule has 13 heteroatoms. The van der Waals surface area contributed by atoms with Gasteiger partial charge in [0, 0.05) is 119 Å². The number of benzene rings is 18. The molecule has 0 N–H and O–H groups in total. The monoisotopic (exact) mass is 1650 g/mol. The van der Waals surface area contributed by atoms with Crippen LogP contribution in [0.3, 0.4) is 0 Å². The number of hydrogen-bond acceptors (Lipinski definition) is 11. The molecule has 9 aromatic heterocycles. The van der Waals surface area contributed by atoms with Gasteiger partial charge in [-0.2, -0.15) is 0 Å². The fourth-order valence-corrected chi connectivity index (χ4v) is 21.0. The molecule has 28 rings (SSSR count). The Bertz CT molecular complexity index is 9210. The van der Waals surface area contributed by atoms with Crippen molar-refractivity contribution in [2.45, 2.75) is 6.42 Å².